The number of rotatable bonds is 18. The van der Waals surface area contributed by atoms with E-state index in [1.165, 1.54) is 35.0 Å². The zero-order chi connectivity index (χ0) is 55.4. The summed E-state index contributed by atoms with van der Waals surface area (Å²) in [5, 5.41) is 29.0. The van der Waals surface area contributed by atoms with Crippen molar-refractivity contribution < 1.29 is 38.1 Å². The van der Waals surface area contributed by atoms with Gasteiger partial charge < -0.3 is 35.4 Å². The summed E-state index contributed by atoms with van der Waals surface area (Å²) in [5.74, 6) is -0.917. The monoisotopic (exact) mass is 1080 g/mol. The van der Waals surface area contributed by atoms with Crippen LogP contribution in [0.2, 0.25) is 0 Å². The molecule has 0 spiro atoms. The van der Waals surface area contributed by atoms with Crippen molar-refractivity contribution in [1.29, 1.82) is 0 Å². The molecular weight excluding hydrogens is 1010 g/mol. The van der Waals surface area contributed by atoms with E-state index in [2.05, 4.69) is 55.0 Å². The van der Waals surface area contributed by atoms with Crippen LogP contribution in [0.3, 0.4) is 0 Å². The number of benzene rings is 3. The number of nitrogens with zero attached hydrogens (tertiary/aromatic N) is 8. The first-order valence-corrected chi connectivity index (χ1v) is 26.8. The number of hydrogen-bond donors (Lipinski definition) is 4. The third-order valence-electron chi connectivity index (χ3n) is 14.0. The highest BCUT2D eigenvalue weighted by atomic mass is 32.1. The quantitative estimate of drug-likeness (QED) is 0.0606. The molecule has 1 fully saturated rings. The number of anilines is 1. The number of aryl methyl sites for hydroxylation is 3. The molecule has 0 saturated carbocycles. The molecule has 18 nitrogen and oxygen atoms in total. The fourth-order valence-corrected chi connectivity index (χ4v) is 10.9. The first-order valence-electron chi connectivity index (χ1n) is 26.0. The molecule has 20 heteroatoms. The number of hydrogen-bond acceptors (Lipinski definition) is 14. The van der Waals surface area contributed by atoms with Crippen LogP contribution < -0.4 is 20.7 Å². The SMILES string of the molecule is CC1=C(c2ccc(CNC(=O)[C@@H]3CC(O)CN3C(=O)[C@@H](NC(=O)COCCCOc3ccc(-c4cnc(NC(=O)CC5N=C(c6ccc(C)cc6)c6c(sc(C)c6C)-n6c(C)nnc65)cn4)cc3F)C(C)(C)C)cc2)N=CC1. The van der Waals surface area contributed by atoms with Crippen LogP contribution in [0.4, 0.5) is 10.2 Å². The molecule has 3 aromatic carbocycles. The smallest absolute Gasteiger partial charge is 0.246 e. The number of likely N-dealkylation sites (tertiary alicyclic amines) is 1. The van der Waals surface area contributed by atoms with Crippen molar-refractivity contribution in [1.82, 2.24) is 40.3 Å². The number of thiophene rings is 1. The zero-order valence-corrected chi connectivity index (χ0v) is 45.8. The van der Waals surface area contributed by atoms with Crippen LogP contribution in [0, 0.1) is 38.9 Å². The minimum atomic E-state index is -1.02. The molecule has 3 aliphatic heterocycles. The van der Waals surface area contributed by atoms with E-state index in [0.717, 1.165) is 61.1 Å². The Morgan fingerprint density at radius 3 is 2.33 bits per heavy atom. The lowest BCUT2D eigenvalue weighted by Gasteiger charge is -2.35. The van der Waals surface area contributed by atoms with Gasteiger partial charge in [-0.3, -0.25) is 38.7 Å². The van der Waals surface area contributed by atoms with Crippen LogP contribution in [-0.4, -0.2) is 115 Å². The number of aromatic nitrogens is 5. The highest BCUT2D eigenvalue weighted by Gasteiger charge is 2.44. The van der Waals surface area contributed by atoms with Crippen LogP contribution in [-0.2, 0) is 30.5 Å². The molecule has 78 heavy (non-hydrogen) atoms. The average Bonchev–Trinajstić information content (AvgIpc) is 4.36. The van der Waals surface area contributed by atoms with Crippen molar-refractivity contribution in [2.45, 2.75) is 112 Å². The summed E-state index contributed by atoms with van der Waals surface area (Å²) in [6.45, 7) is 15.6. The number of aliphatic hydroxyl groups excluding tert-OH is 1. The molecule has 0 radical (unpaired) electrons. The second kappa shape index (κ2) is 23.4. The molecule has 3 aliphatic rings. The molecule has 2 unspecified atom stereocenters. The fraction of sp³-hybridized carbons (Fsp3) is 0.379. The van der Waals surface area contributed by atoms with Crippen LogP contribution in [0.25, 0.3) is 22.0 Å². The molecule has 9 rings (SSSR count). The number of carbonyl (C=O) groups excluding carboxylic acids is 4. The number of nitrogens with one attached hydrogen (secondary N) is 3. The van der Waals surface area contributed by atoms with Gasteiger partial charge in [-0.15, -0.1) is 21.5 Å². The molecule has 3 aromatic heterocycles. The minimum absolute atomic E-state index is 0.00827. The number of ether oxygens (including phenoxy) is 2. The van der Waals surface area contributed by atoms with Crippen molar-refractivity contribution >= 4 is 58.4 Å². The third kappa shape index (κ3) is 12.3. The first kappa shape index (κ1) is 55.0. The van der Waals surface area contributed by atoms with Gasteiger partial charge in [0.1, 0.15) is 35.6 Å². The molecule has 406 valence electrons. The van der Waals surface area contributed by atoms with Crippen LogP contribution in [0.5, 0.6) is 5.75 Å². The van der Waals surface area contributed by atoms with Crippen LogP contribution >= 0.6 is 11.3 Å². The third-order valence-corrected chi connectivity index (χ3v) is 15.2. The number of aliphatic imine (C=N–C) groups is 2. The molecular formula is C58H64FN11O7S. The summed E-state index contributed by atoms with van der Waals surface area (Å²) in [6.07, 6.45) is 5.01. The van der Waals surface area contributed by atoms with Crippen molar-refractivity contribution in [2.24, 2.45) is 15.4 Å². The number of carbonyl (C=O) groups is 4. The van der Waals surface area contributed by atoms with Gasteiger partial charge in [-0.1, -0.05) is 74.9 Å². The average molecular weight is 1080 g/mol. The molecule has 4 atom stereocenters. The maximum atomic E-state index is 15.3. The van der Waals surface area contributed by atoms with E-state index in [9.17, 15) is 24.3 Å². The van der Waals surface area contributed by atoms with Crippen molar-refractivity contribution in [3.63, 3.8) is 0 Å². The van der Waals surface area contributed by atoms with Gasteiger partial charge in [0.05, 0.1) is 55.2 Å². The summed E-state index contributed by atoms with van der Waals surface area (Å²) >= 11 is 1.65. The molecule has 1 saturated heterocycles. The van der Waals surface area contributed by atoms with Gasteiger partial charge in [0.2, 0.25) is 23.6 Å². The topological polar surface area (TPSA) is 228 Å². The van der Waals surface area contributed by atoms with Crippen molar-refractivity contribution in [2.75, 3.05) is 31.7 Å². The number of allylic oxidation sites excluding steroid dienone is 1. The van der Waals surface area contributed by atoms with Gasteiger partial charge in [-0.05, 0) is 74.9 Å². The van der Waals surface area contributed by atoms with Crippen molar-refractivity contribution in [3.05, 3.63) is 140 Å². The van der Waals surface area contributed by atoms with Gasteiger partial charge in [0.25, 0.3) is 0 Å². The Kier molecular flexibility index (Phi) is 16.5. The number of halogens is 1. The van der Waals surface area contributed by atoms with Gasteiger partial charge in [0, 0.05) is 65.7 Å². The van der Waals surface area contributed by atoms with Gasteiger partial charge in [-0.25, -0.2) is 9.37 Å². The normalized spacial score (nSPS) is 17.3. The number of aliphatic hydroxyl groups is 1. The standard InChI is InChI=1S/C58H64FN11O7S/c1-32-10-14-39(15-11-32)52-50-34(3)35(4)78-57(50)70-36(5)67-68-54(70)43(64-52)26-48(72)65-47-29-61-44(28-62-47)40-18-19-46(42(59)24-40)77-23-9-22-76-31-49(73)66-53(58(6,7)8)56(75)69-30-41(71)25-45(69)55(74)63-27-37-12-16-38(17-13-37)51-33(2)20-21-60-51/h10-19,21,24,28-29,41,43,45,53,71H,9,20,22-23,25-27,30-31H2,1-8H3,(H,63,74)(H,66,73)(H,62,65,72)/t41?,43?,45-,53+/m0/s1. The maximum absolute atomic E-state index is 15.3. The van der Waals surface area contributed by atoms with Crippen LogP contribution in [0.1, 0.15) is 109 Å². The van der Waals surface area contributed by atoms with Gasteiger partial charge >= 0.3 is 0 Å². The molecule has 6 aromatic rings. The molecule has 4 N–H and O–H groups in total. The van der Waals surface area contributed by atoms with E-state index in [1.54, 1.807) is 38.2 Å². The number of β-amino-alcohol motifs (C(OH)–C–C–N with tert-alkyl or cyclic N) is 1. The largest absolute Gasteiger partial charge is 0.490 e. The first-order chi connectivity index (χ1) is 37.3. The van der Waals surface area contributed by atoms with E-state index in [0.29, 0.717) is 29.3 Å². The fourth-order valence-electron chi connectivity index (χ4n) is 9.64. The zero-order valence-electron chi connectivity index (χ0n) is 45.0. The summed E-state index contributed by atoms with van der Waals surface area (Å²) < 4.78 is 28.6. The van der Waals surface area contributed by atoms with E-state index in [1.807, 2.05) is 80.1 Å². The molecule has 0 bridgehead atoms. The van der Waals surface area contributed by atoms with Gasteiger partial charge in [0.15, 0.2) is 23.2 Å². The predicted molar refractivity (Wildman–Crippen MR) is 296 cm³/mol. The van der Waals surface area contributed by atoms with E-state index < -0.39 is 53.2 Å². The maximum Gasteiger partial charge on any atom is 0.246 e. The van der Waals surface area contributed by atoms with Crippen molar-refractivity contribution in [3.8, 4) is 22.0 Å². The molecule has 4 amide bonds. The number of fused-ring (bicyclic) bond motifs is 3. The van der Waals surface area contributed by atoms with E-state index >= 15 is 4.39 Å². The predicted octanol–water partition coefficient (Wildman–Crippen LogP) is 7.88. The Morgan fingerprint density at radius 1 is 0.897 bits per heavy atom. The second-order valence-corrected chi connectivity index (χ2v) is 22.2. The lowest BCUT2D eigenvalue weighted by Crippen LogP contribution is -2.58. The summed E-state index contributed by atoms with van der Waals surface area (Å²) in [6, 6.07) is 17.8. The lowest BCUT2D eigenvalue weighted by atomic mass is 9.85. The summed E-state index contributed by atoms with van der Waals surface area (Å²) in [7, 11) is 0. The van der Waals surface area contributed by atoms with E-state index in [4.69, 9.17) is 14.5 Å². The Labute approximate surface area is 456 Å². The van der Waals surface area contributed by atoms with E-state index in [-0.39, 0.29) is 63.2 Å². The summed E-state index contributed by atoms with van der Waals surface area (Å²) in [5.41, 5.74) is 9.04. The highest BCUT2D eigenvalue weighted by Crippen LogP contribution is 2.40. The Bertz CT molecular complexity index is 3330. The Morgan fingerprint density at radius 2 is 1.64 bits per heavy atom. The highest BCUT2D eigenvalue weighted by molar-refractivity contribution is 7.15. The number of amides is 4. The molecule has 6 heterocycles. The minimum Gasteiger partial charge on any atom is -0.490 e. The molecule has 0 aliphatic carbocycles. The lowest BCUT2D eigenvalue weighted by molar-refractivity contribution is -0.144. The Balaban J connectivity index is 0.730. The second-order valence-electron chi connectivity index (χ2n) is 21.0. The Hall–Kier alpha value is -7.81. The van der Waals surface area contributed by atoms with Gasteiger partial charge in [-0.2, -0.15) is 0 Å². The summed E-state index contributed by atoms with van der Waals surface area (Å²) in [4.78, 5) is 75.4. The van der Waals surface area contributed by atoms with Crippen LogP contribution in [0.15, 0.2) is 94.7 Å².